The SMILES string of the molecule is O=C(O)CSc1nnc(-c2csc(I)c2)n1C1CC1. The number of carbonyl (C=O) groups is 1. The van der Waals surface area contributed by atoms with Gasteiger partial charge in [0.25, 0.3) is 0 Å². The van der Waals surface area contributed by atoms with E-state index in [2.05, 4.69) is 48.8 Å². The third-order valence-corrected chi connectivity index (χ3v) is 5.44. The molecule has 8 heteroatoms. The minimum atomic E-state index is -0.832. The maximum atomic E-state index is 10.7. The molecule has 0 unspecified atom stereocenters. The molecule has 1 fully saturated rings. The number of rotatable bonds is 5. The molecule has 2 heterocycles. The van der Waals surface area contributed by atoms with E-state index in [9.17, 15) is 4.79 Å². The normalized spacial score (nSPS) is 14.8. The Morgan fingerprint density at radius 2 is 2.37 bits per heavy atom. The lowest BCUT2D eigenvalue weighted by Gasteiger charge is -2.06. The van der Waals surface area contributed by atoms with Crippen LogP contribution in [0.5, 0.6) is 0 Å². The Morgan fingerprint density at radius 1 is 1.58 bits per heavy atom. The zero-order valence-electron chi connectivity index (χ0n) is 9.74. The van der Waals surface area contributed by atoms with Crippen LogP contribution in [0.3, 0.4) is 0 Å². The Balaban J connectivity index is 1.94. The zero-order chi connectivity index (χ0) is 13.4. The average Bonchev–Trinajstić information content (AvgIpc) is 2.97. The summed E-state index contributed by atoms with van der Waals surface area (Å²) in [6, 6.07) is 2.51. The molecule has 19 heavy (non-hydrogen) atoms. The van der Waals surface area contributed by atoms with Gasteiger partial charge >= 0.3 is 5.97 Å². The summed E-state index contributed by atoms with van der Waals surface area (Å²) in [7, 11) is 0. The average molecular weight is 407 g/mol. The van der Waals surface area contributed by atoms with Crippen LogP contribution in [0.2, 0.25) is 0 Å². The molecular weight excluding hydrogens is 397 g/mol. The van der Waals surface area contributed by atoms with Gasteiger partial charge in [-0.05, 0) is 41.5 Å². The van der Waals surface area contributed by atoms with E-state index < -0.39 is 5.97 Å². The highest BCUT2D eigenvalue weighted by atomic mass is 127. The van der Waals surface area contributed by atoms with Gasteiger partial charge in [-0.15, -0.1) is 21.5 Å². The monoisotopic (exact) mass is 407 g/mol. The van der Waals surface area contributed by atoms with Crippen molar-refractivity contribution in [3.63, 3.8) is 0 Å². The van der Waals surface area contributed by atoms with Gasteiger partial charge < -0.3 is 5.11 Å². The van der Waals surface area contributed by atoms with E-state index in [0.717, 1.165) is 24.2 Å². The molecule has 0 radical (unpaired) electrons. The highest BCUT2D eigenvalue weighted by Gasteiger charge is 2.30. The molecule has 5 nitrogen and oxygen atoms in total. The fourth-order valence-electron chi connectivity index (χ4n) is 1.79. The minimum absolute atomic E-state index is 0.0199. The van der Waals surface area contributed by atoms with Crippen LogP contribution >= 0.6 is 45.7 Å². The first-order valence-electron chi connectivity index (χ1n) is 5.69. The van der Waals surface area contributed by atoms with Crippen molar-refractivity contribution in [3.05, 3.63) is 14.3 Å². The standard InChI is InChI=1S/C11H10IN3O2S2/c12-8-3-6(4-18-8)10-13-14-11(19-5-9(16)17)15(10)7-1-2-7/h3-4,7H,1-2,5H2,(H,16,17). The van der Waals surface area contributed by atoms with Crippen LogP contribution in [0.1, 0.15) is 18.9 Å². The van der Waals surface area contributed by atoms with Gasteiger partial charge in [0.2, 0.25) is 0 Å². The van der Waals surface area contributed by atoms with Crippen LogP contribution < -0.4 is 0 Å². The molecule has 2 aromatic heterocycles. The number of thioether (sulfide) groups is 1. The van der Waals surface area contributed by atoms with Crippen LogP contribution in [0.25, 0.3) is 11.4 Å². The summed E-state index contributed by atoms with van der Waals surface area (Å²) in [4.78, 5) is 10.7. The third-order valence-electron chi connectivity index (χ3n) is 2.73. The summed E-state index contributed by atoms with van der Waals surface area (Å²) in [6.07, 6.45) is 2.24. The Bertz CT molecular complexity index is 621. The Kier molecular flexibility index (Phi) is 3.81. The van der Waals surface area contributed by atoms with E-state index in [0.29, 0.717) is 11.2 Å². The fourth-order valence-corrected chi connectivity index (χ4v) is 3.84. The van der Waals surface area contributed by atoms with Crippen molar-refractivity contribution in [2.24, 2.45) is 0 Å². The number of carboxylic acids is 1. The first-order valence-corrected chi connectivity index (χ1v) is 8.63. The van der Waals surface area contributed by atoms with Crippen molar-refractivity contribution < 1.29 is 9.90 Å². The van der Waals surface area contributed by atoms with Crippen molar-refractivity contribution >= 4 is 51.7 Å². The maximum absolute atomic E-state index is 10.7. The van der Waals surface area contributed by atoms with Crippen LogP contribution in [-0.4, -0.2) is 31.6 Å². The van der Waals surface area contributed by atoms with E-state index in [-0.39, 0.29) is 5.75 Å². The largest absolute Gasteiger partial charge is 0.481 e. The van der Waals surface area contributed by atoms with E-state index in [1.807, 2.05) is 0 Å². The molecule has 100 valence electrons. The molecule has 0 saturated heterocycles. The van der Waals surface area contributed by atoms with Crippen molar-refractivity contribution in [2.75, 3.05) is 5.75 Å². The van der Waals surface area contributed by atoms with Crippen LogP contribution in [-0.2, 0) is 4.79 Å². The molecule has 0 spiro atoms. The van der Waals surface area contributed by atoms with Gasteiger partial charge in [-0.2, -0.15) is 0 Å². The number of nitrogens with zero attached hydrogens (tertiary/aromatic N) is 3. The molecule has 2 aromatic rings. The number of carboxylic acid groups (broad SMARTS) is 1. The zero-order valence-corrected chi connectivity index (χ0v) is 13.5. The van der Waals surface area contributed by atoms with Gasteiger partial charge in [-0.25, -0.2) is 0 Å². The second-order valence-corrected chi connectivity index (χ2v) is 7.98. The quantitative estimate of drug-likeness (QED) is 0.610. The van der Waals surface area contributed by atoms with Gasteiger partial charge in [0, 0.05) is 17.0 Å². The Labute approximate surface area is 131 Å². The van der Waals surface area contributed by atoms with Gasteiger partial charge in [-0.1, -0.05) is 11.8 Å². The molecule has 0 aliphatic heterocycles. The maximum Gasteiger partial charge on any atom is 0.313 e. The Morgan fingerprint density at radius 3 is 2.95 bits per heavy atom. The van der Waals surface area contributed by atoms with Crippen LogP contribution in [0.4, 0.5) is 0 Å². The molecule has 1 aliphatic rings. The number of hydrogen-bond acceptors (Lipinski definition) is 5. The van der Waals surface area contributed by atoms with E-state index in [1.165, 1.54) is 14.6 Å². The highest BCUT2D eigenvalue weighted by Crippen LogP contribution is 2.41. The molecule has 1 aliphatic carbocycles. The number of hydrogen-bond donors (Lipinski definition) is 1. The molecule has 0 aromatic carbocycles. The van der Waals surface area contributed by atoms with Crippen LogP contribution in [0.15, 0.2) is 16.6 Å². The number of thiophene rings is 1. The summed E-state index contributed by atoms with van der Waals surface area (Å²) in [5, 5.41) is 19.9. The summed E-state index contributed by atoms with van der Waals surface area (Å²) >= 11 is 5.19. The second-order valence-electron chi connectivity index (χ2n) is 4.23. The fraction of sp³-hybridized carbons (Fsp3) is 0.364. The molecule has 1 N–H and O–H groups in total. The van der Waals surface area contributed by atoms with Crippen molar-refractivity contribution in [1.29, 1.82) is 0 Å². The molecule has 1 saturated carbocycles. The van der Waals surface area contributed by atoms with E-state index >= 15 is 0 Å². The van der Waals surface area contributed by atoms with Gasteiger partial charge in [0.1, 0.15) is 0 Å². The van der Waals surface area contributed by atoms with Gasteiger partial charge in [0.15, 0.2) is 11.0 Å². The number of halogens is 1. The lowest BCUT2D eigenvalue weighted by Crippen LogP contribution is -2.03. The number of aliphatic carboxylic acids is 1. The smallest absolute Gasteiger partial charge is 0.313 e. The highest BCUT2D eigenvalue weighted by molar-refractivity contribution is 14.1. The summed E-state index contributed by atoms with van der Waals surface area (Å²) < 4.78 is 3.30. The molecule has 0 atom stereocenters. The molecule has 0 bridgehead atoms. The van der Waals surface area contributed by atoms with E-state index in [1.54, 1.807) is 11.3 Å². The summed E-state index contributed by atoms with van der Waals surface area (Å²) in [5.74, 6) is 0.0444. The third kappa shape index (κ3) is 2.95. The van der Waals surface area contributed by atoms with Crippen molar-refractivity contribution in [1.82, 2.24) is 14.8 Å². The molecular formula is C11H10IN3O2S2. The van der Waals surface area contributed by atoms with Crippen molar-refractivity contribution in [3.8, 4) is 11.4 Å². The second kappa shape index (κ2) is 5.41. The first kappa shape index (κ1) is 13.4. The van der Waals surface area contributed by atoms with Gasteiger partial charge in [0.05, 0.1) is 8.64 Å². The summed E-state index contributed by atoms with van der Waals surface area (Å²) in [6.45, 7) is 0. The van der Waals surface area contributed by atoms with Gasteiger partial charge in [-0.3, -0.25) is 9.36 Å². The molecule has 3 rings (SSSR count). The van der Waals surface area contributed by atoms with Crippen molar-refractivity contribution in [2.45, 2.75) is 24.0 Å². The topological polar surface area (TPSA) is 68.0 Å². The number of aromatic nitrogens is 3. The van der Waals surface area contributed by atoms with E-state index in [4.69, 9.17) is 5.11 Å². The Hall–Kier alpha value is -0.610. The predicted molar refractivity (Wildman–Crippen MR) is 82.7 cm³/mol. The summed E-state index contributed by atoms with van der Waals surface area (Å²) in [5.41, 5.74) is 1.07. The molecule has 0 amide bonds. The predicted octanol–water partition coefficient (Wildman–Crippen LogP) is 3.12. The first-order chi connectivity index (χ1) is 9.15. The van der Waals surface area contributed by atoms with Crippen LogP contribution in [0, 0.1) is 2.88 Å². The minimum Gasteiger partial charge on any atom is -0.481 e. The lowest BCUT2D eigenvalue weighted by molar-refractivity contribution is -0.133. The lowest BCUT2D eigenvalue weighted by atomic mass is 10.3.